The SMILES string of the molecule is CC(N)C(c1ccccc1)N1Cc2ccccc2C1. The predicted molar refractivity (Wildman–Crippen MR) is 78.5 cm³/mol. The van der Waals surface area contributed by atoms with Crippen LogP contribution in [-0.4, -0.2) is 10.9 Å². The number of rotatable bonds is 3. The van der Waals surface area contributed by atoms with E-state index in [2.05, 4.69) is 66.4 Å². The van der Waals surface area contributed by atoms with E-state index < -0.39 is 0 Å². The highest BCUT2D eigenvalue weighted by molar-refractivity contribution is 5.32. The van der Waals surface area contributed by atoms with Crippen molar-refractivity contribution in [3.63, 3.8) is 0 Å². The molecule has 2 atom stereocenters. The topological polar surface area (TPSA) is 29.3 Å². The summed E-state index contributed by atoms with van der Waals surface area (Å²) in [6.07, 6.45) is 0. The number of benzene rings is 2. The van der Waals surface area contributed by atoms with Crippen LogP contribution in [0.1, 0.15) is 29.7 Å². The normalized spacial score (nSPS) is 18.0. The Kier molecular flexibility index (Phi) is 3.36. The van der Waals surface area contributed by atoms with Crippen LogP contribution < -0.4 is 5.73 Å². The first-order valence-corrected chi connectivity index (χ1v) is 6.87. The lowest BCUT2D eigenvalue weighted by atomic mass is 9.99. The second-order valence-electron chi connectivity index (χ2n) is 5.39. The molecule has 2 aromatic carbocycles. The van der Waals surface area contributed by atoms with Crippen LogP contribution in [0.25, 0.3) is 0 Å². The summed E-state index contributed by atoms with van der Waals surface area (Å²) in [6, 6.07) is 19.7. The van der Waals surface area contributed by atoms with Crippen molar-refractivity contribution in [3.8, 4) is 0 Å². The van der Waals surface area contributed by atoms with Gasteiger partial charge in [-0.25, -0.2) is 0 Å². The van der Waals surface area contributed by atoms with Crippen LogP contribution in [0, 0.1) is 0 Å². The highest BCUT2D eigenvalue weighted by Gasteiger charge is 2.28. The fourth-order valence-electron chi connectivity index (χ4n) is 3.05. The zero-order valence-corrected chi connectivity index (χ0v) is 11.3. The molecule has 2 nitrogen and oxygen atoms in total. The lowest BCUT2D eigenvalue weighted by Crippen LogP contribution is -2.36. The number of hydrogen-bond acceptors (Lipinski definition) is 2. The molecule has 2 N–H and O–H groups in total. The number of nitrogens with zero attached hydrogens (tertiary/aromatic N) is 1. The Bertz CT molecular complexity index is 523. The lowest BCUT2D eigenvalue weighted by Gasteiger charge is -2.31. The first-order valence-electron chi connectivity index (χ1n) is 6.87. The summed E-state index contributed by atoms with van der Waals surface area (Å²) in [5.74, 6) is 0. The van der Waals surface area contributed by atoms with Crippen molar-refractivity contribution in [1.29, 1.82) is 0 Å². The Balaban J connectivity index is 1.88. The predicted octanol–water partition coefficient (Wildman–Crippen LogP) is 3.09. The van der Waals surface area contributed by atoms with Gasteiger partial charge >= 0.3 is 0 Å². The Morgan fingerprint density at radius 2 is 1.42 bits per heavy atom. The minimum absolute atomic E-state index is 0.122. The fourth-order valence-corrected chi connectivity index (χ4v) is 3.05. The average Bonchev–Trinajstić information content (AvgIpc) is 2.82. The summed E-state index contributed by atoms with van der Waals surface area (Å²) in [7, 11) is 0. The lowest BCUT2D eigenvalue weighted by molar-refractivity contribution is 0.178. The molecule has 0 amide bonds. The summed E-state index contributed by atoms with van der Waals surface area (Å²) >= 11 is 0. The standard InChI is InChI=1S/C17H20N2/c1-13(18)17(14-7-3-2-4-8-14)19-11-15-9-5-6-10-16(15)12-19/h2-10,13,17H,11-12,18H2,1H3. The van der Waals surface area contributed by atoms with Crippen LogP contribution in [-0.2, 0) is 13.1 Å². The molecule has 2 aromatic rings. The zero-order valence-electron chi connectivity index (χ0n) is 11.3. The van der Waals surface area contributed by atoms with Gasteiger partial charge in [-0.2, -0.15) is 0 Å². The van der Waals surface area contributed by atoms with Crippen molar-refractivity contribution < 1.29 is 0 Å². The van der Waals surface area contributed by atoms with E-state index in [0.29, 0.717) is 0 Å². The highest BCUT2D eigenvalue weighted by Crippen LogP contribution is 2.32. The van der Waals surface area contributed by atoms with E-state index in [-0.39, 0.29) is 12.1 Å². The fraction of sp³-hybridized carbons (Fsp3) is 0.294. The van der Waals surface area contributed by atoms with Gasteiger partial charge in [-0.3, -0.25) is 4.90 Å². The van der Waals surface area contributed by atoms with Gasteiger partial charge in [-0.1, -0.05) is 54.6 Å². The summed E-state index contributed by atoms with van der Waals surface area (Å²) in [4.78, 5) is 2.48. The van der Waals surface area contributed by atoms with Crippen molar-refractivity contribution in [2.75, 3.05) is 0 Å². The molecule has 0 fully saturated rings. The van der Waals surface area contributed by atoms with Crippen LogP contribution in [0.15, 0.2) is 54.6 Å². The van der Waals surface area contributed by atoms with Gasteiger partial charge in [0.15, 0.2) is 0 Å². The van der Waals surface area contributed by atoms with Crippen LogP contribution in [0.2, 0.25) is 0 Å². The molecule has 2 heteroatoms. The Morgan fingerprint density at radius 3 is 1.95 bits per heavy atom. The summed E-state index contributed by atoms with van der Waals surface area (Å²) in [6.45, 7) is 4.09. The van der Waals surface area contributed by atoms with E-state index in [1.54, 1.807) is 0 Å². The van der Waals surface area contributed by atoms with Crippen LogP contribution in [0.4, 0.5) is 0 Å². The first-order chi connectivity index (χ1) is 9.25. The number of fused-ring (bicyclic) bond motifs is 1. The molecular weight excluding hydrogens is 232 g/mol. The molecule has 0 spiro atoms. The maximum Gasteiger partial charge on any atom is 0.0503 e. The zero-order chi connectivity index (χ0) is 13.2. The van der Waals surface area contributed by atoms with Crippen molar-refractivity contribution in [1.82, 2.24) is 4.90 Å². The summed E-state index contributed by atoms with van der Waals surface area (Å²) in [5, 5.41) is 0. The van der Waals surface area contributed by atoms with Crippen molar-refractivity contribution in [2.45, 2.75) is 32.1 Å². The van der Waals surface area contributed by atoms with E-state index >= 15 is 0 Å². The molecule has 1 heterocycles. The molecule has 0 aliphatic carbocycles. The Labute approximate surface area is 114 Å². The van der Waals surface area contributed by atoms with E-state index in [1.807, 2.05) is 0 Å². The molecule has 3 rings (SSSR count). The van der Waals surface area contributed by atoms with Crippen LogP contribution in [0.5, 0.6) is 0 Å². The molecule has 0 aromatic heterocycles. The second kappa shape index (κ2) is 5.16. The molecule has 19 heavy (non-hydrogen) atoms. The Hall–Kier alpha value is -1.64. The van der Waals surface area contributed by atoms with Gasteiger partial charge in [0.25, 0.3) is 0 Å². The van der Waals surface area contributed by atoms with E-state index in [4.69, 9.17) is 5.73 Å². The third kappa shape index (κ3) is 2.42. The molecule has 2 unspecified atom stereocenters. The van der Waals surface area contributed by atoms with Crippen LogP contribution in [0.3, 0.4) is 0 Å². The monoisotopic (exact) mass is 252 g/mol. The molecule has 0 radical (unpaired) electrons. The molecular formula is C17H20N2. The molecule has 0 saturated heterocycles. The van der Waals surface area contributed by atoms with E-state index in [1.165, 1.54) is 16.7 Å². The molecule has 0 saturated carbocycles. The maximum atomic E-state index is 6.24. The number of hydrogen-bond donors (Lipinski definition) is 1. The third-order valence-corrected chi connectivity index (χ3v) is 3.90. The molecule has 0 bridgehead atoms. The van der Waals surface area contributed by atoms with Crippen molar-refractivity contribution in [3.05, 3.63) is 71.3 Å². The minimum atomic E-state index is 0.122. The minimum Gasteiger partial charge on any atom is -0.326 e. The molecule has 98 valence electrons. The molecule has 1 aliphatic heterocycles. The van der Waals surface area contributed by atoms with E-state index in [0.717, 1.165) is 13.1 Å². The summed E-state index contributed by atoms with van der Waals surface area (Å²) < 4.78 is 0. The third-order valence-electron chi connectivity index (χ3n) is 3.90. The van der Waals surface area contributed by atoms with Gasteiger partial charge in [0.1, 0.15) is 0 Å². The smallest absolute Gasteiger partial charge is 0.0503 e. The van der Waals surface area contributed by atoms with Gasteiger partial charge in [-0.15, -0.1) is 0 Å². The van der Waals surface area contributed by atoms with Crippen molar-refractivity contribution in [2.24, 2.45) is 5.73 Å². The average molecular weight is 252 g/mol. The van der Waals surface area contributed by atoms with Crippen LogP contribution >= 0.6 is 0 Å². The maximum absolute atomic E-state index is 6.24. The largest absolute Gasteiger partial charge is 0.326 e. The first kappa shape index (κ1) is 12.4. The van der Waals surface area contributed by atoms with E-state index in [9.17, 15) is 0 Å². The van der Waals surface area contributed by atoms with Gasteiger partial charge in [0.2, 0.25) is 0 Å². The van der Waals surface area contributed by atoms with Gasteiger partial charge < -0.3 is 5.73 Å². The van der Waals surface area contributed by atoms with Gasteiger partial charge in [-0.05, 0) is 23.6 Å². The molecule has 1 aliphatic rings. The quantitative estimate of drug-likeness (QED) is 0.909. The number of nitrogens with two attached hydrogens (primary N) is 1. The van der Waals surface area contributed by atoms with Crippen molar-refractivity contribution >= 4 is 0 Å². The Morgan fingerprint density at radius 1 is 0.895 bits per heavy atom. The van der Waals surface area contributed by atoms with Gasteiger partial charge in [0.05, 0.1) is 6.04 Å². The second-order valence-corrected chi connectivity index (χ2v) is 5.39. The summed E-state index contributed by atoms with van der Waals surface area (Å²) in [5.41, 5.74) is 10.4. The van der Waals surface area contributed by atoms with Gasteiger partial charge in [0, 0.05) is 19.1 Å². The highest BCUT2D eigenvalue weighted by atomic mass is 15.2.